The van der Waals surface area contributed by atoms with Gasteiger partial charge in [-0.3, -0.25) is 0 Å². The van der Waals surface area contributed by atoms with Crippen LogP contribution in [0.15, 0.2) is 53.1 Å². The molecule has 6 heteroatoms. The molecule has 0 atom stereocenters. The second-order valence-electron chi connectivity index (χ2n) is 5.98. The molecule has 2 amide bonds. The van der Waals surface area contributed by atoms with Crippen molar-refractivity contribution in [3.05, 3.63) is 65.5 Å². The van der Waals surface area contributed by atoms with Gasteiger partial charge >= 0.3 is 6.03 Å². The Balaban J connectivity index is 1.66. The molecule has 0 bridgehead atoms. The second-order valence-corrected chi connectivity index (χ2v) is 5.98. The van der Waals surface area contributed by atoms with Gasteiger partial charge < -0.3 is 14.7 Å². The number of para-hydroxylation sites is 1. The highest BCUT2D eigenvalue weighted by Crippen LogP contribution is 2.18. The number of hydrogen-bond donors (Lipinski definition) is 1. The van der Waals surface area contributed by atoms with Crippen LogP contribution in [-0.2, 0) is 6.54 Å². The smallest absolute Gasteiger partial charge is 0.322 e. The molecule has 0 aliphatic carbocycles. The van der Waals surface area contributed by atoms with E-state index in [1.807, 2.05) is 62.4 Å². The van der Waals surface area contributed by atoms with E-state index < -0.39 is 0 Å². The van der Waals surface area contributed by atoms with Crippen LogP contribution in [0.5, 0.6) is 0 Å². The zero-order valence-corrected chi connectivity index (χ0v) is 14.5. The van der Waals surface area contributed by atoms with Crippen LogP contribution in [0.2, 0.25) is 0 Å². The monoisotopic (exact) mass is 336 g/mol. The van der Waals surface area contributed by atoms with Crippen molar-refractivity contribution in [2.75, 3.05) is 12.4 Å². The zero-order valence-electron chi connectivity index (χ0n) is 14.5. The van der Waals surface area contributed by atoms with E-state index in [0.717, 1.165) is 22.4 Å². The minimum absolute atomic E-state index is 0.232. The first kappa shape index (κ1) is 16.7. The van der Waals surface area contributed by atoms with Crippen molar-refractivity contribution < 1.29 is 9.32 Å². The average molecular weight is 336 g/mol. The van der Waals surface area contributed by atoms with Gasteiger partial charge in [-0.05, 0) is 31.5 Å². The van der Waals surface area contributed by atoms with Crippen LogP contribution >= 0.6 is 0 Å². The number of benzene rings is 2. The molecule has 1 aromatic heterocycles. The van der Waals surface area contributed by atoms with Crippen LogP contribution in [0, 0.1) is 13.8 Å². The van der Waals surface area contributed by atoms with E-state index in [1.165, 1.54) is 4.90 Å². The molecule has 1 heterocycles. The number of aryl methyl sites for hydroxylation is 2. The maximum atomic E-state index is 12.3. The molecule has 2 aromatic carbocycles. The van der Waals surface area contributed by atoms with Crippen molar-refractivity contribution in [1.29, 1.82) is 0 Å². The maximum absolute atomic E-state index is 12.3. The van der Waals surface area contributed by atoms with Crippen molar-refractivity contribution in [3.8, 4) is 11.4 Å². The summed E-state index contributed by atoms with van der Waals surface area (Å²) in [7, 11) is 1.68. The van der Waals surface area contributed by atoms with E-state index >= 15 is 0 Å². The molecular formula is C19H20N4O2. The quantitative estimate of drug-likeness (QED) is 0.781. The number of amides is 2. The van der Waals surface area contributed by atoms with Gasteiger partial charge in [0.1, 0.15) is 6.54 Å². The van der Waals surface area contributed by atoms with E-state index in [1.54, 1.807) is 7.05 Å². The number of nitrogens with zero attached hydrogens (tertiary/aromatic N) is 3. The lowest BCUT2D eigenvalue weighted by molar-refractivity contribution is 0.213. The fourth-order valence-electron chi connectivity index (χ4n) is 2.42. The van der Waals surface area contributed by atoms with Crippen molar-refractivity contribution in [1.82, 2.24) is 15.0 Å². The molecule has 0 aliphatic heterocycles. The molecule has 0 saturated carbocycles. The van der Waals surface area contributed by atoms with Crippen LogP contribution in [-0.4, -0.2) is 28.1 Å². The number of carbonyl (C=O) groups excluding carboxylic acids is 1. The molecule has 25 heavy (non-hydrogen) atoms. The van der Waals surface area contributed by atoms with Crippen LogP contribution < -0.4 is 5.32 Å². The van der Waals surface area contributed by atoms with Gasteiger partial charge in [-0.25, -0.2) is 4.79 Å². The average Bonchev–Trinajstić information content (AvgIpc) is 3.05. The molecule has 3 rings (SSSR count). The highest BCUT2D eigenvalue weighted by atomic mass is 16.5. The van der Waals surface area contributed by atoms with Gasteiger partial charge in [-0.15, -0.1) is 0 Å². The van der Waals surface area contributed by atoms with Gasteiger partial charge in [0.15, 0.2) is 0 Å². The summed E-state index contributed by atoms with van der Waals surface area (Å²) in [6.45, 7) is 4.19. The Hall–Kier alpha value is -3.15. The minimum Gasteiger partial charge on any atom is -0.337 e. The number of rotatable bonds is 4. The van der Waals surface area contributed by atoms with E-state index in [0.29, 0.717) is 11.7 Å². The zero-order chi connectivity index (χ0) is 17.8. The number of aromatic nitrogens is 2. The van der Waals surface area contributed by atoms with E-state index in [9.17, 15) is 4.79 Å². The first-order valence-corrected chi connectivity index (χ1v) is 8.00. The first-order chi connectivity index (χ1) is 12.0. The van der Waals surface area contributed by atoms with E-state index in [2.05, 4.69) is 15.5 Å². The molecule has 1 N–H and O–H groups in total. The Labute approximate surface area is 146 Å². The number of anilines is 1. The molecule has 6 nitrogen and oxygen atoms in total. The van der Waals surface area contributed by atoms with Gasteiger partial charge in [0.05, 0.1) is 0 Å². The Morgan fingerprint density at radius 2 is 1.96 bits per heavy atom. The molecule has 0 fully saturated rings. The molecule has 0 saturated heterocycles. The van der Waals surface area contributed by atoms with Crippen molar-refractivity contribution >= 4 is 11.7 Å². The van der Waals surface area contributed by atoms with E-state index in [4.69, 9.17) is 4.52 Å². The standard InChI is InChI=1S/C19H20N4O2/c1-13-7-6-9-15(11-13)18-21-17(25-22-18)12-23(3)19(24)20-16-10-5-4-8-14(16)2/h4-11H,12H2,1-3H3,(H,20,24). The Bertz CT molecular complexity index is 888. The number of urea groups is 1. The van der Waals surface area contributed by atoms with Gasteiger partial charge in [-0.2, -0.15) is 4.98 Å². The Morgan fingerprint density at radius 3 is 2.72 bits per heavy atom. The number of hydrogen-bond acceptors (Lipinski definition) is 4. The summed E-state index contributed by atoms with van der Waals surface area (Å²) in [5.74, 6) is 0.908. The van der Waals surface area contributed by atoms with Gasteiger partial charge in [0.25, 0.3) is 0 Å². The molecule has 0 aliphatic rings. The fourth-order valence-corrected chi connectivity index (χ4v) is 2.42. The summed E-state index contributed by atoms with van der Waals surface area (Å²) in [6, 6.07) is 15.3. The van der Waals surface area contributed by atoms with E-state index in [-0.39, 0.29) is 12.6 Å². The predicted octanol–water partition coefficient (Wildman–Crippen LogP) is 4.02. The number of carbonyl (C=O) groups is 1. The topological polar surface area (TPSA) is 71.3 Å². The van der Waals surface area contributed by atoms with Crippen LogP contribution in [0.1, 0.15) is 17.0 Å². The summed E-state index contributed by atoms with van der Waals surface area (Å²) in [5.41, 5.74) is 3.80. The van der Waals surface area contributed by atoms with Crippen molar-refractivity contribution in [2.24, 2.45) is 0 Å². The van der Waals surface area contributed by atoms with Gasteiger partial charge in [0, 0.05) is 18.3 Å². The van der Waals surface area contributed by atoms with Crippen molar-refractivity contribution in [2.45, 2.75) is 20.4 Å². The summed E-state index contributed by atoms with van der Waals surface area (Å²) < 4.78 is 5.27. The molecule has 3 aromatic rings. The second kappa shape index (κ2) is 7.17. The first-order valence-electron chi connectivity index (χ1n) is 8.00. The molecule has 0 radical (unpaired) electrons. The number of nitrogens with one attached hydrogen (secondary N) is 1. The minimum atomic E-state index is -0.232. The summed E-state index contributed by atoms with van der Waals surface area (Å²) in [6.07, 6.45) is 0. The lowest BCUT2D eigenvalue weighted by atomic mass is 10.1. The highest BCUT2D eigenvalue weighted by Gasteiger charge is 2.15. The van der Waals surface area contributed by atoms with Gasteiger partial charge in [-0.1, -0.05) is 47.1 Å². The molecule has 128 valence electrons. The van der Waals surface area contributed by atoms with Gasteiger partial charge in [0.2, 0.25) is 11.7 Å². The van der Waals surface area contributed by atoms with Crippen LogP contribution in [0.4, 0.5) is 10.5 Å². The third kappa shape index (κ3) is 4.03. The van der Waals surface area contributed by atoms with Crippen molar-refractivity contribution in [3.63, 3.8) is 0 Å². The maximum Gasteiger partial charge on any atom is 0.322 e. The third-order valence-electron chi connectivity index (χ3n) is 3.85. The normalized spacial score (nSPS) is 10.5. The summed E-state index contributed by atoms with van der Waals surface area (Å²) >= 11 is 0. The SMILES string of the molecule is Cc1cccc(-c2noc(CN(C)C(=O)Nc3ccccc3C)n2)c1. The lowest BCUT2D eigenvalue weighted by Gasteiger charge is -2.16. The fraction of sp³-hybridized carbons (Fsp3) is 0.211. The van der Waals surface area contributed by atoms with Crippen LogP contribution in [0.25, 0.3) is 11.4 Å². The lowest BCUT2D eigenvalue weighted by Crippen LogP contribution is -2.31. The Morgan fingerprint density at radius 1 is 1.16 bits per heavy atom. The largest absolute Gasteiger partial charge is 0.337 e. The predicted molar refractivity (Wildman–Crippen MR) is 96.1 cm³/mol. The summed E-state index contributed by atoms with van der Waals surface area (Å²) in [5, 5.41) is 6.87. The van der Waals surface area contributed by atoms with Crippen LogP contribution in [0.3, 0.4) is 0 Å². The Kier molecular flexibility index (Phi) is 4.79. The molecule has 0 spiro atoms. The molecular weight excluding hydrogens is 316 g/mol. The highest BCUT2D eigenvalue weighted by molar-refractivity contribution is 5.89. The summed E-state index contributed by atoms with van der Waals surface area (Å²) in [4.78, 5) is 18.2. The molecule has 0 unspecified atom stereocenters. The third-order valence-corrected chi connectivity index (χ3v) is 3.85.